The number of rotatable bonds is 7. The zero-order chi connectivity index (χ0) is 28.5. The van der Waals surface area contributed by atoms with Gasteiger partial charge in [0.2, 0.25) is 0 Å². The van der Waals surface area contributed by atoms with Gasteiger partial charge >= 0.3 is 0 Å². The van der Waals surface area contributed by atoms with Crippen LogP contribution in [0.2, 0.25) is 0 Å². The Balaban J connectivity index is 1.59. The maximum Gasteiger partial charge on any atom is 0.179 e. The third-order valence-corrected chi connectivity index (χ3v) is 13.1. The van der Waals surface area contributed by atoms with Crippen LogP contribution in [0.5, 0.6) is 11.5 Å². The van der Waals surface area contributed by atoms with Gasteiger partial charge in [-0.1, -0.05) is 103 Å². The van der Waals surface area contributed by atoms with Gasteiger partial charge in [-0.05, 0) is 69.3 Å². The lowest BCUT2D eigenvalue weighted by Crippen LogP contribution is -2.74. The molecular weight excluding hydrogens is 531 g/mol. The van der Waals surface area contributed by atoms with Gasteiger partial charge in [0.05, 0.1) is 25.3 Å². The molecule has 3 nitrogen and oxygen atoms in total. The number of methoxy groups -OCH3 is 2. The van der Waals surface area contributed by atoms with Crippen molar-refractivity contribution < 1.29 is 9.47 Å². The van der Waals surface area contributed by atoms with Gasteiger partial charge in [-0.2, -0.15) is 0 Å². The van der Waals surface area contributed by atoms with Crippen LogP contribution < -0.4 is 30.2 Å². The molecule has 42 heavy (non-hydrogen) atoms. The van der Waals surface area contributed by atoms with E-state index in [4.69, 9.17) is 9.47 Å². The van der Waals surface area contributed by atoms with Crippen LogP contribution in [-0.4, -0.2) is 26.9 Å². The van der Waals surface area contributed by atoms with E-state index in [-0.39, 0.29) is 0 Å². The minimum atomic E-state index is -2.77. The lowest BCUT2D eigenvalue weighted by atomic mass is 10.1. The Labute approximate surface area is 247 Å². The Kier molecular flexibility index (Phi) is 6.61. The third-order valence-electron chi connectivity index (χ3n) is 8.37. The molecule has 4 heteroatoms. The molecule has 0 fully saturated rings. The number of ether oxygens (including phenoxy) is 2. The molecule has 0 N–H and O–H groups in total. The highest BCUT2D eigenvalue weighted by Crippen LogP contribution is 2.32. The van der Waals surface area contributed by atoms with Crippen LogP contribution >= 0.6 is 0 Å². The summed E-state index contributed by atoms with van der Waals surface area (Å²) in [4.78, 5) is 0. The fourth-order valence-electron chi connectivity index (χ4n) is 6.43. The summed E-state index contributed by atoms with van der Waals surface area (Å²) in [5.74, 6) is 1.71. The smallest absolute Gasteiger partial charge is 0.179 e. The summed E-state index contributed by atoms with van der Waals surface area (Å²) in [6, 6.07) is 54.8. The van der Waals surface area contributed by atoms with Gasteiger partial charge in [-0.3, -0.25) is 0 Å². The molecule has 7 aromatic rings. The number of hydrogen-bond donors (Lipinski definition) is 0. The SMILES string of the molecule is COc1ccc([Si](c2ccccc2)(c2ccc(OC)cc2)c2ccc3c(c2)c2ccccc2n3-c2ccccc2)cc1. The first kappa shape index (κ1) is 25.9. The van der Waals surface area contributed by atoms with Crippen LogP contribution in [0.25, 0.3) is 27.5 Å². The number of para-hydroxylation sites is 2. The van der Waals surface area contributed by atoms with Crippen molar-refractivity contribution in [2.45, 2.75) is 0 Å². The lowest BCUT2D eigenvalue weighted by Gasteiger charge is -2.34. The van der Waals surface area contributed by atoms with E-state index in [2.05, 4.69) is 156 Å². The molecule has 7 rings (SSSR count). The molecule has 0 saturated carbocycles. The highest BCUT2D eigenvalue weighted by Gasteiger charge is 2.41. The Bertz CT molecular complexity index is 1930. The average molecular weight is 562 g/mol. The summed E-state index contributed by atoms with van der Waals surface area (Å²) in [5.41, 5.74) is 3.57. The molecule has 1 heterocycles. The van der Waals surface area contributed by atoms with Crippen LogP contribution in [0.1, 0.15) is 0 Å². The van der Waals surface area contributed by atoms with Gasteiger partial charge in [0, 0.05) is 16.5 Å². The predicted molar refractivity (Wildman–Crippen MR) is 178 cm³/mol. The summed E-state index contributed by atoms with van der Waals surface area (Å²) in [6.45, 7) is 0. The van der Waals surface area contributed by atoms with E-state index in [1.807, 2.05) is 0 Å². The molecule has 0 amide bonds. The van der Waals surface area contributed by atoms with E-state index in [0.29, 0.717) is 0 Å². The summed E-state index contributed by atoms with van der Waals surface area (Å²) >= 11 is 0. The maximum absolute atomic E-state index is 5.58. The van der Waals surface area contributed by atoms with Gasteiger partial charge in [0.1, 0.15) is 11.5 Å². The minimum absolute atomic E-state index is 0.853. The average Bonchev–Trinajstić information content (AvgIpc) is 3.40. The minimum Gasteiger partial charge on any atom is -0.497 e. The Morgan fingerprint density at radius 2 is 0.905 bits per heavy atom. The largest absolute Gasteiger partial charge is 0.497 e. The molecule has 0 spiro atoms. The summed E-state index contributed by atoms with van der Waals surface area (Å²) in [7, 11) is 0.672. The van der Waals surface area contributed by atoms with Crippen molar-refractivity contribution in [2.24, 2.45) is 0 Å². The van der Waals surface area contributed by atoms with Crippen LogP contribution in [0.3, 0.4) is 0 Å². The van der Waals surface area contributed by atoms with E-state index < -0.39 is 8.07 Å². The fraction of sp³-hybridized carbons (Fsp3) is 0.0526. The van der Waals surface area contributed by atoms with Crippen LogP contribution in [-0.2, 0) is 0 Å². The highest BCUT2D eigenvalue weighted by molar-refractivity contribution is 7.20. The standard InChI is InChI=1S/C38H31NO2Si/c1-40-29-17-21-32(22-18-29)42(31-13-7-4-8-14-31,33-23-19-30(41-2)20-24-33)34-25-26-38-36(27-34)35-15-9-10-16-37(35)39(38)28-11-5-3-6-12-28/h3-27H,1-2H3. The number of hydrogen-bond acceptors (Lipinski definition) is 2. The monoisotopic (exact) mass is 561 g/mol. The van der Waals surface area contributed by atoms with Crippen LogP contribution in [0.4, 0.5) is 0 Å². The van der Waals surface area contributed by atoms with Crippen molar-refractivity contribution in [3.8, 4) is 17.2 Å². The van der Waals surface area contributed by atoms with Crippen molar-refractivity contribution in [1.29, 1.82) is 0 Å². The normalized spacial score (nSPS) is 11.6. The van der Waals surface area contributed by atoms with Gasteiger partial charge in [0.25, 0.3) is 0 Å². The second kappa shape index (κ2) is 10.7. The number of fused-ring (bicyclic) bond motifs is 3. The lowest BCUT2D eigenvalue weighted by molar-refractivity contribution is 0.415. The summed E-state index contributed by atoms with van der Waals surface area (Å²) < 4.78 is 13.5. The van der Waals surface area contributed by atoms with Gasteiger partial charge in [0.15, 0.2) is 8.07 Å². The van der Waals surface area contributed by atoms with Gasteiger partial charge in [-0.15, -0.1) is 0 Å². The van der Waals surface area contributed by atoms with Crippen molar-refractivity contribution in [3.63, 3.8) is 0 Å². The zero-order valence-electron chi connectivity index (χ0n) is 23.7. The third kappa shape index (κ3) is 4.11. The van der Waals surface area contributed by atoms with E-state index in [1.54, 1.807) is 14.2 Å². The maximum atomic E-state index is 5.58. The molecule has 6 aromatic carbocycles. The Morgan fingerprint density at radius 3 is 1.50 bits per heavy atom. The van der Waals surface area contributed by atoms with E-state index in [1.165, 1.54) is 42.6 Å². The first-order chi connectivity index (χ1) is 20.7. The topological polar surface area (TPSA) is 23.4 Å². The molecule has 1 aromatic heterocycles. The van der Waals surface area contributed by atoms with E-state index in [0.717, 1.165) is 17.2 Å². The molecule has 0 aliphatic rings. The molecule has 204 valence electrons. The van der Waals surface area contributed by atoms with Crippen LogP contribution in [0.15, 0.2) is 152 Å². The first-order valence-corrected chi connectivity index (χ1v) is 16.2. The molecular formula is C38H31NO2Si. The molecule has 0 unspecified atom stereocenters. The van der Waals surface area contributed by atoms with Crippen LogP contribution in [0, 0.1) is 0 Å². The highest BCUT2D eigenvalue weighted by atomic mass is 28.3. The van der Waals surface area contributed by atoms with E-state index in [9.17, 15) is 0 Å². The Morgan fingerprint density at radius 1 is 0.429 bits per heavy atom. The molecule has 0 saturated heterocycles. The molecule has 0 bridgehead atoms. The fourth-order valence-corrected chi connectivity index (χ4v) is 11.2. The zero-order valence-corrected chi connectivity index (χ0v) is 24.7. The first-order valence-electron chi connectivity index (χ1n) is 14.2. The summed E-state index contributed by atoms with van der Waals surface area (Å²) in [5, 5.41) is 7.75. The molecule has 0 atom stereocenters. The number of aromatic nitrogens is 1. The Hall–Kier alpha value is -5.06. The van der Waals surface area contributed by atoms with Gasteiger partial charge in [-0.25, -0.2) is 0 Å². The molecule has 0 aliphatic heterocycles. The van der Waals surface area contributed by atoms with E-state index >= 15 is 0 Å². The molecule has 0 aliphatic carbocycles. The predicted octanol–water partition coefficient (Wildman–Crippen LogP) is 6.18. The van der Waals surface area contributed by atoms with Crippen molar-refractivity contribution in [1.82, 2.24) is 4.57 Å². The number of benzene rings is 6. The number of nitrogens with zero attached hydrogens (tertiary/aromatic N) is 1. The quantitative estimate of drug-likeness (QED) is 0.171. The van der Waals surface area contributed by atoms with Crippen molar-refractivity contribution in [3.05, 3.63) is 152 Å². The second-order valence-electron chi connectivity index (χ2n) is 10.5. The van der Waals surface area contributed by atoms with Crippen molar-refractivity contribution in [2.75, 3.05) is 14.2 Å². The summed E-state index contributed by atoms with van der Waals surface area (Å²) in [6.07, 6.45) is 0. The van der Waals surface area contributed by atoms with Crippen molar-refractivity contribution >= 4 is 50.6 Å². The molecule has 0 radical (unpaired) electrons. The van der Waals surface area contributed by atoms with Gasteiger partial charge < -0.3 is 14.0 Å². The second-order valence-corrected chi connectivity index (χ2v) is 14.3.